The second-order valence-electron chi connectivity index (χ2n) is 7.99. The van der Waals surface area contributed by atoms with Crippen LogP contribution in [0.1, 0.15) is 28.9 Å². The van der Waals surface area contributed by atoms with Crippen LogP contribution in [0.5, 0.6) is 0 Å². The average molecular weight is 384 g/mol. The van der Waals surface area contributed by atoms with Gasteiger partial charge in [0.15, 0.2) is 0 Å². The molecule has 2 aromatic rings. The number of likely N-dealkylation sites (N-methyl/N-ethyl adjacent to an activating group) is 1. The number of carboxylic acids is 1. The van der Waals surface area contributed by atoms with Crippen LogP contribution in [0.25, 0.3) is 10.9 Å². The van der Waals surface area contributed by atoms with Gasteiger partial charge in [0, 0.05) is 45.2 Å². The number of aromatic nitrogens is 1. The van der Waals surface area contributed by atoms with Crippen LogP contribution >= 0.6 is 0 Å². The van der Waals surface area contributed by atoms with Gasteiger partial charge in [-0.3, -0.25) is 14.6 Å². The minimum atomic E-state index is -0.909. The van der Waals surface area contributed by atoms with Crippen LogP contribution in [0.4, 0.5) is 0 Å². The molecule has 1 aromatic heterocycles. The summed E-state index contributed by atoms with van der Waals surface area (Å²) in [5.74, 6) is -0.635. The zero-order chi connectivity index (χ0) is 19.8. The number of rotatable bonds is 4. The second kappa shape index (κ2) is 7.56. The van der Waals surface area contributed by atoms with E-state index in [4.69, 9.17) is 0 Å². The second-order valence-corrected chi connectivity index (χ2v) is 7.99. The van der Waals surface area contributed by atoms with Crippen molar-refractivity contribution < 1.29 is 14.7 Å². The first-order chi connectivity index (χ1) is 13.5. The first-order valence-electron chi connectivity index (χ1n) is 9.97. The largest absolute Gasteiger partial charge is 0.477 e. The van der Waals surface area contributed by atoms with Gasteiger partial charge in [-0.15, -0.1) is 0 Å². The maximum atomic E-state index is 12.8. The highest BCUT2D eigenvalue weighted by atomic mass is 16.4. The third-order valence-corrected chi connectivity index (χ3v) is 6.24. The molecule has 1 atom stereocenters. The van der Waals surface area contributed by atoms with Gasteiger partial charge in [0.05, 0.1) is 11.6 Å². The molecule has 3 heterocycles. The standard InChI is InChI=1S/C21H28N4O3/c1-22-8-4-7-17(22)20(26)25-11-9-24(10-12-25)14-16-6-3-5-15-13-18(21(27)28)23(2)19(15)16/h3,5-6,13,17H,4,7-12,14H2,1-2H3,(H,27,28)/t17-/m0/s1. The molecule has 0 saturated carbocycles. The number of fused-ring (bicyclic) bond motifs is 1. The Morgan fingerprint density at radius 1 is 1.11 bits per heavy atom. The number of likely N-dealkylation sites (tertiary alicyclic amines) is 1. The third kappa shape index (κ3) is 3.40. The van der Waals surface area contributed by atoms with Gasteiger partial charge in [-0.2, -0.15) is 0 Å². The van der Waals surface area contributed by atoms with Gasteiger partial charge in [0.1, 0.15) is 5.69 Å². The smallest absolute Gasteiger partial charge is 0.352 e. The molecule has 2 fully saturated rings. The number of aryl methyl sites for hydroxylation is 1. The number of aromatic carboxylic acids is 1. The number of piperazine rings is 1. The van der Waals surface area contributed by atoms with E-state index in [0.717, 1.165) is 68.6 Å². The van der Waals surface area contributed by atoms with Gasteiger partial charge < -0.3 is 14.6 Å². The summed E-state index contributed by atoms with van der Waals surface area (Å²) in [7, 11) is 3.85. The minimum Gasteiger partial charge on any atom is -0.477 e. The number of carbonyl (C=O) groups is 2. The van der Waals surface area contributed by atoms with Crippen LogP contribution in [0.2, 0.25) is 0 Å². The lowest BCUT2D eigenvalue weighted by atomic mass is 10.1. The molecule has 0 unspecified atom stereocenters. The van der Waals surface area contributed by atoms with E-state index in [1.54, 1.807) is 10.6 Å². The number of benzene rings is 1. The fourth-order valence-electron chi connectivity index (χ4n) is 4.63. The van der Waals surface area contributed by atoms with E-state index in [-0.39, 0.29) is 11.9 Å². The molecule has 2 saturated heterocycles. The van der Waals surface area contributed by atoms with E-state index in [0.29, 0.717) is 5.69 Å². The summed E-state index contributed by atoms with van der Waals surface area (Å²) >= 11 is 0. The Hall–Kier alpha value is -2.38. The molecule has 0 aliphatic carbocycles. The average Bonchev–Trinajstić information content (AvgIpc) is 3.26. The molecule has 0 bridgehead atoms. The summed E-state index contributed by atoms with van der Waals surface area (Å²) in [4.78, 5) is 30.8. The van der Waals surface area contributed by atoms with E-state index in [2.05, 4.69) is 15.9 Å². The molecule has 150 valence electrons. The number of hydrogen-bond acceptors (Lipinski definition) is 4. The highest BCUT2D eigenvalue weighted by molar-refractivity contribution is 5.95. The third-order valence-electron chi connectivity index (χ3n) is 6.24. The molecule has 1 N–H and O–H groups in total. The van der Waals surface area contributed by atoms with Crippen molar-refractivity contribution in [3.05, 3.63) is 35.5 Å². The van der Waals surface area contributed by atoms with Gasteiger partial charge >= 0.3 is 5.97 Å². The van der Waals surface area contributed by atoms with E-state index < -0.39 is 5.97 Å². The molecular weight excluding hydrogens is 356 g/mol. The van der Waals surface area contributed by atoms with E-state index in [9.17, 15) is 14.7 Å². The SMILES string of the molecule is CN1CCC[C@H]1C(=O)N1CCN(Cc2cccc3cc(C(=O)O)n(C)c23)CC1. The van der Waals surface area contributed by atoms with Crippen molar-refractivity contribution in [3.63, 3.8) is 0 Å². The number of carbonyl (C=O) groups excluding carboxylic acids is 1. The molecule has 2 aliphatic heterocycles. The van der Waals surface area contributed by atoms with Crippen LogP contribution in [-0.2, 0) is 18.4 Å². The van der Waals surface area contributed by atoms with Gasteiger partial charge in [-0.05, 0) is 38.1 Å². The van der Waals surface area contributed by atoms with Crippen molar-refractivity contribution in [2.75, 3.05) is 39.8 Å². The molecule has 0 spiro atoms. The molecule has 1 aromatic carbocycles. The lowest BCUT2D eigenvalue weighted by molar-refractivity contribution is -0.137. The molecule has 2 aliphatic rings. The normalized spacial score (nSPS) is 21.5. The van der Waals surface area contributed by atoms with Gasteiger partial charge in [-0.1, -0.05) is 18.2 Å². The number of amides is 1. The first-order valence-corrected chi connectivity index (χ1v) is 9.97. The van der Waals surface area contributed by atoms with Crippen molar-refractivity contribution in [2.45, 2.75) is 25.4 Å². The van der Waals surface area contributed by atoms with Crippen LogP contribution in [-0.4, -0.2) is 82.1 Å². The lowest BCUT2D eigenvalue weighted by Crippen LogP contribution is -2.52. The number of carboxylic acid groups (broad SMARTS) is 1. The maximum Gasteiger partial charge on any atom is 0.352 e. The molecule has 4 rings (SSSR count). The zero-order valence-electron chi connectivity index (χ0n) is 16.6. The number of para-hydroxylation sites is 1. The highest BCUT2D eigenvalue weighted by Gasteiger charge is 2.32. The summed E-state index contributed by atoms with van der Waals surface area (Å²) in [5.41, 5.74) is 2.41. The van der Waals surface area contributed by atoms with Gasteiger partial charge in [-0.25, -0.2) is 4.79 Å². The molecular formula is C21H28N4O3. The predicted octanol–water partition coefficient (Wildman–Crippen LogP) is 1.61. The highest BCUT2D eigenvalue weighted by Crippen LogP contribution is 2.25. The van der Waals surface area contributed by atoms with Crippen LogP contribution in [0, 0.1) is 0 Å². The van der Waals surface area contributed by atoms with Crippen molar-refractivity contribution in [2.24, 2.45) is 7.05 Å². The molecule has 7 heteroatoms. The van der Waals surface area contributed by atoms with Crippen LogP contribution in [0.15, 0.2) is 24.3 Å². The fourth-order valence-corrected chi connectivity index (χ4v) is 4.63. The molecule has 0 radical (unpaired) electrons. The van der Waals surface area contributed by atoms with E-state index >= 15 is 0 Å². The van der Waals surface area contributed by atoms with Crippen molar-refractivity contribution in [1.29, 1.82) is 0 Å². The summed E-state index contributed by atoms with van der Waals surface area (Å²) < 4.78 is 1.77. The fraction of sp³-hybridized carbons (Fsp3) is 0.524. The summed E-state index contributed by atoms with van der Waals surface area (Å²) in [6.07, 6.45) is 2.07. The monoisotopic (exact) mass is 384 g/mol. The molecule has 28 heavy (non-hydrogen) atoms. The molecule has 7 nitrogen and oxygen atoms in total. The van der Waals surface area contributed by atoms with Gasteiger partial charge in [0.2, 0.25) is 5.91 Å². The topological polar surface area (TPSA) is 69.0 Å². The Labute approximate surface area is 165 Å². The summed E-state index contributed by atoms with van der Waals surface area (Å²) in [6, 6.07) is 7.80. The summed E-state index contributed by atoms with van der Waals surface area (Å²) in [6.45, 7) is 4.97. The number of hydrogen-bond donors (Lipinski definition) is 1. The van der Waals surface area contributed by atoms with E-state index in [1.807, 2.05) is 31.1 Å². The van der Waals surface area contributed by atoms with E-state index in [1.165, 1.54) is 0 Å². The Morgan fingerprint density at radius 3 is 2.50 bits per heavy atom. The lowest BCUT2D eigenvalue weighted by Gasteiger charge is -2.37. The zero-order valence-corrected chi connectivity index (χ0v) is 16.6. The quantitative estimate of drug-likeness (QED) is 0.868. The van der Waals surface area contributed by atoms with Crippen molar-refractivity contribution in [3.8, 4) is 0 Å². The van der Waals surface area contributed by atoms with Gasteiger partial charge in [0.25, 0.3) is 0 Å². The Kier molecular flexibility index (Phi) is 5.12. The number of nitrogens with zero attached hydrogens (tertiary/aromatic N) is 4. The predicted molar refractivity (Wildman–Crippen MR) is 107 cm³/mol. The van der Waals surface area contributed by atoms with Crippen molar-refractivity contribution >= 4 is 22.8 Å². The Morgan fingerprint density at radius 2 is 1.86 bits per heavy atom. The first kappa shape index (κ1) is 19.0. The Bertz CT molecular complexity index is 898. The maximum absolute atomic E-state index is 12.8. The summed E-state index contributed by atoms with van der Waals surface area (Å²) in [5, 5.41) is 10.4. The molecule has 1 amide bonds. The van der Waals surface area contributed by atoms with Crippen LogP contribution in [0.3, 0.4) is 0 Å². The minimum absolute atomic E-state index is 0.0538. The Balaban J connectivity index is 1.44. The van der Waals surface area contributed by atoms with Crippen LogP contribution < -0.4 is 0 Å². The van der Waals surface area contributed by atoms with Crippen molar-refractivity contribution in [1.82, 2.24) is 19.3 Å².